The van der Waals surface area contributed by atoms with Gasteiger partial charge in [-0.1, -0.05) is 0 Å². The van der Waals surface area contributed by atoms with Crippen molar-refractivity contribution in [2.24, 2.45) is 0 Å². The van der Waals surface area contributed by atoms with Crippen molar-refractivity contribution < 1.29 is 4.79 Å². The number of amides is 1. The van der Waals surface area contributed by atoms with Crippen molar-refractivity contribution in [2.75, 3.05) is 25.5 Å². The third kappa shape index (κ3) is 2.94. The molecule has 2 aromatic heterocycles. The van der Waals surface area contributed by atoms with Gasteiger partial charge < -0.3 is 14.8 Å². The number of pyridine rings is 1. The van der Waals surface area contributed by atoms with Crippen molar-refractivity contribution in [2.45, 2.75) is 18.9 Å². The summed E-state index contributed by atoms with van der Waals surface area (Å²) < 4.78 is 0. The van der Waals surface area contributed by atoms with Crippen molar-refractivity contribution in [3.8, 4) is 0 Å². The van der Waals surface area contributed by atoms with Crippen LogP contribution in [0.2, 0.25) is 0 Å². The first-order chi connectivity index (χ1) is 11.1. The summed E-state index contributed by atoms with van der Waals surface area (Å²) >= 11 is 0. The van der Waals surface area contributed by atoms with E-state index >= 15 is 0 Å². The van der Waals surface area contributed by atoms with Crippen LogP contribution in [-0.4, -0.2) is 46.4 Å². The lowest BCUT2D eigenvalue weighted by Gasteiger charge is -2.25. The number of nitrogens with zero attached hydrogens (tertiary/aromatic N) is 4. The highest BCUT2D eigenvalue weighted by Gasteiger charge is 2.32. The number of nitrogens with one attached hydrogen (secondary N) is 1. The van der Waals surface area contributed by atoms with Gasteiger partial charge in [-0.25, -0.2) is 9.97 Å². The third-order valence-corrected chi connectivity index (χ3v) is 4.08. The fourth-order valence-corrected chi connectivity index (χ4v) is 2.89. The zero-order chi connectivity index (χ0) is 16.4. The summed E-state index contributed by atoms with van der Waals surface area (Å²) in [5.74, 6) is 0.575. The molecule has 120 valence electrons. The Hall–Kier alpha value is -2.70. The first kappa shape index (κ1) is 15.2. The van der Waals surface area contributed by atoms with Gasteiger partial charge in [0.2, 0.25) is 0 Å². The van der Waals surface area contributed by atoms with Crippen molar-refractivity contribution in [1.29, 1.82) is 0 Å². The maximum atomic E-state index is 12.7. The molecule has 0 aromatic carbocycles. The van der Waals surface area contributed by atoms with Gasteiger partial charge in [-0.05, 0) is 30.5 Å². The number of carbonyl (C=O) groups excluding carboxylic acids is 1. The van der Waals surface area contributed by atoms with Crippen molar-refractivity contribution in [1.82, 2.24) is 19.9 Å². The second-order valence-corrected chi connectivity index (χ2v) is 5.79. The number of rotatable bonds is 3. The van der Waals surface area contributed by atoms with E-state index in [0.717, 1.165) is 24.2 Å². The SMILES string of the molecule is CN(C)c1cc(C2CCCN2C(=O)c2cnc[nH]c2=O)ccn1. The molecule has 1 aliphatic heterocycles. The average molecular weight is 313 g/mol. The molecule has 1 atom stereocenters. The Bertz CT molecular complexity index is 771. The molecule has 0 saturated carbocycles. The minimum absolute atomic E-state index is 0.0381. The first-order valence-electron chi connectivity index (χ1n) is 7.55. The quantitative estimate of drug-likeness (QED) is 0.921. The second-order valence-electron chi connectivity index (χ2n) is 5.79. The number of anilines is 1. The van der Waals surface area contributed by atoms with E-state index in [9.17, 15) is 9.59 Å². The fourth-order valence-electron chi connectivity index (χ4n) is 2.89. The molecule has 1 amide bonds. The summed E-state index contributed by atoms with van der Waals surface area (Å²) in [6.45, 7) is 0.636. The number of hydrogen-bond acceptors (Lipinski definition) is 5. The van der Waals surface area contributed by atoms with Gasteiger partial charge in [-0.15, -0.1) is 0 Å². The normalized spacial score (nSPS) is 17.3. The number of aromatic amines is 1. The van der Waals surface area contributed by atoms with Crippen molar-refractivity contribution in [3.05, 3.63) is 52.3 Å². The van der Waals surface area contributed by atoms with Crippen LogP contribution in [0.4, 0.5) is 5.82 Å². The van der Waals surface area contributed by atoms with Crippen LogP contribution in [0, 0.1) is 0 Å². The Morgan fingerprint density at radius 1 is 1.43 bits per heavy atom. The zero-order valence-corrected chi connectivity index (χ0v) is 13.2. The fraction of sp³-hybridized carbons (Fsp3) is 0.375. The van der Waals surface area contributed by atoms with Crippen LogP contribution in [0.25, 0.3) is 0 Å². The number of H-pyrrole nitrogens is 1. The molecule has 7 nitrogen and oxygen atoms in total. The monoisotopic (exact) mass is 313 g/mol. The molecular formula is C16H19N5O2. The van der Waals surface area contributed by atoms with Crippen LogP contribution >= 0.6 is 0 Å². The molecule has 1 saturated heterocycles. The topological polar surface area (TPSA) is 82.2 Å². The summed E-state index contributed by atoms with van der Waals surface area (Å²) in [4.78, 5) is 38.8. The third-order valence-electron chi connectivity index (χ3n) is 4.08. The van der Waals surface area contributed by atoms with E-state index in [1.165, 1.54) is 12.5 Å². The lowest BCUT2D eigenvalue weighted by atomic mass is 10.1. The Labute approximate surface area is 134 Å². The summed E-state index contributed by atoms with van der Waals surface area (Å²) in [5, 5.41) is 0. The number of aromatic nitrogens is 3. The zero-order valence-electron chi connectivity index (χ0n) is 13.2. The van der Waals surface area contributed by atoms with Crippen LogP contribution < -0.4 is 10.5 Å². The summed E-state index contributed by atoms with van der Waals surface area (Å²) in [6.07, 6.45) is 6.15. The van der Waals surface area contributed by atoms with Gasteiger partial charge in [0.25, 0.3) is 11.5 Å². The Morgan fingerprint density at radius 3 is 3.00 bits per heavy atom. The number of likely N-dealkylation sites (tertiary alicyclic amines) is 1. The highest BCUT2D eigenvalue weighted by molar-refractivity contribution is 5.94. The van der Waals surface area contributed by atoms with E-state index in [1.807, 2.05) is 31.1 Å². The van der Waals surface area contributed by atoms with E-state index < -0.39 is 5.56 Å². The highest BCUT2D eigenvalue weighted by atomic mass is 16.2. The van der Waals surface area contributed by atoms with Gasteiger partial charge in [0.05, 0.1) is 12.4 Å². The van der Waals surface area contributed by atoms with Crippen molar-refractivity contribution >= 4 is 11.7 Å². The molecule has 0 radical (unpaired) electrons. The Morgan fingerprint density at radius 2 is 2.26 bits per heavy atom. The Balaban J connectivity index is 1.92. The van der Waals surface area contributed by atoms with Crippen LogP contribution in [0.15, 0.2) is 35.6 Å². The smallest absolute Gasteiger partial charge is 0.263 e. The lowest BCUT2D eigenvalue weighted by molar-refractivity contribution is 0.0733. The Kier molecular flexibility index (Phi) is 4.10. The predicted molar refractivity (Wildman–Crippen MR) is 86.4 cm³/mol. The molecule has 23 heavy (non-hydrogen) atoms. The number of hydrogen-bond donors (Lipinski definition) is 1. The maximum absolute atomic E-state index is 12.7. The molecule has 1 unspecified atom stereocenters. The van der Waals surface area contributed by atoms with E-state index in [1.54, 1.807) is 11.1 Å². The minimum atomic E-state index is -0.403. The number of carbonyl (C=O) groups is 1. The molecule has 1 fully saturated rings. The van der Waals surface area contributed by atoms with E-state index in [2.05, 4.69) is 15.0 Å². The van der Waals surface area contributed by atoms with Gasteiger partial charge in [-0.3, -0.25) is 9.59 Å². The first-order valence-corrected chi connectivity index (χ1v) is 7.55. The molecule has 3 heterocycles. The molecule has 3 rings (SSSR count). The molecule has 0 spiro atoms. The maximum Gasteiger partial charge on any atom is 0.263 e. The summed E-state index contributed by atoms with van der Waals surface area (Å²) in [5.41, 5.74) is 0.718. The molecule has 2 aromatic rings. The van der Waals surface area contributed by atoms with E-state index in [0.29, 0.717) is 6.54 Å². The standard InChI is InChI=1S/C16H19N5O2/c1-20(2)14-8-11(5-6-18-14)13-4-3-7-21(13)16(23)12-9-17-10-19-15(12)22/h5-6,8-10,13H,3-4,7H2,1-2H3,(H,17,19,22). The summed E-state index contributed by atoms with van der Waals surface area (Å²) in [6, 6.07) is 3.88. The van der Waals surface area contributed by atoms with Crippen LogP contribution in [0.3, 0.4) is 0 Å². The van der Waals surface area contributed by atoms with Gasteiger partial charge in [0, 0.05) is 33.0 Å². The molecule has 0 bridgehead atoms. The molecule has 0 aliphatic carbocycles. The van der Waals surface area contributed by atoms with Gasteiger partial charge in [-0.2, -0.15) is 0 Å². The van der Waals surface area contributed by atoms with E-state index in [4.69, 9.17) is 0 Å². The van der Waals surface area contributed by atoms with Gasteiger partial charge in [0.15, 0.2) is 0 Å². The van der Waals surface area contributed by atoms with Crippen molar-refractivity contribution in [3.63, 3.8) is 0 Å². The van der Waals surface area contributed by atoms with Gasteiger partial charge >= 0.3 is 0 Å². The molecular weight excluding hydrogens is 294 g/mol. The lowest BCUT2D eigenvalue weighted by Crippen LogP contribution is -2.34. The largest absolute Gasteiger partial charge is 0.363 e. The molecule has 1 aliphatic rings. The average Bonchev–Trinajstić information content (AvgIpc) is 3.04. The summed E-state index contributed by atoms with van der Waals surface area (Å²) in [7, 11) is 3.86. The van der Waals surface area contributed by atoms with E-state index in [-0.39, 0.29) is 17.5 Å². The predicted octanol–water partition coefficient (Wildman–Crippen LogP) is 1.21. The minimum Gasteiger partial charge on any atom is -0.363 e. The van der Waals surface area contributed by atoms with Crippen LogP contribution in [-0.2, 0) is 0 Å². The highest BCUT2D eigenvalue weighted by Crippen LogP contribution is 2.33. The second kappa shape index (κ2) is 6.20. The molecule has 7 heteroatoms. The molecule has 1 N–H and O–H groups in total. The van der Waals surface area contributed by atoms with Crippen LogP contribution in [0.5, 0.6) is 0 Å². The van der Waals surface area contributed by atoms with Crippen LogP contribution in [0.1, 0.15) is 34.8 Å². The van der Waals surface area contributed by atoms with Gasteiger partial charge in [0.1, 0.15) is 11.4 Å².